The Kier molecular flexibility index (Phi) is 4.21. The summed E-state index contributed by atoms with van der Waals surface area (Å²) in [5.41, 5.74) is 0.524. The van der Waals surface area contributed by atoms with Gasteiger partial charge >= 0.3 is 0 Å². The Bertz CT molecular complexity index is 463. The molecule has 2 atom stereocenters. The summed E-state index contributed by atoms with van der Waals surface area (Å²) in [5, 5.41) is 9.57. The highest BCUT2D eigenvalue weighted by Gasteiger charge is 2.34. The Hall–Kier alpha value is -1.40. The van der Waals surface area contributed by atoms with E-state index < -0.39 is 5.54 Å². The number of hydrogen-bond donors (Lipinski definition) is 0. The normalized spacial score (nSPS) is 23.6. The van der Waals surface area contributed by atoms with E-state index in [0.717, 1.165) is 25.1 Å². The number of benzene rings is 1. The summed E-state index contributed by atoms with van der Waals surface area (Å²) in [7, 11) is 0. The van der Waals surface area contributed by atoms with Crippen molar-refractivity contribution in [1.82, 2.24) is 4.90 Å². The van der Waals surface area contributed by atoms with Crippen molar-refractivity contribution in [2.75, 3.05) is 13.1 Å². The first-order valence-corrected chi connectivity index (χ1v) is 6.94. The molecule has 3 heteroatoms. The minimum atomic E-state index is -0.494. The molecule has 0 saturated carbocycles. The molecule has 0 N–H and O–H groups in total. The van der Waals surface area contributed by atoms with Gasteiger partial charge in [0.25, 0.3) is 0 Å². The monoisotopic (exact) mass is 260 g/mol. The molecule has 0 bridgehead atoms. The minimum Gasteiger partial charge on any atom is -0.285 e. The van der Waals surface area contributed by atoms with Crippen LogP contribution in [0.25, 0.3) is 0 Å². The van der Waals surface area contributed by atoms with E-state index in [1.54, 1.807) is 12.1 Å². The number of halogens is 1. The van der Waals surface area contributed by atoms with Gasteiger partial charge in [0.2, 0.25) is 0 Å². The lowest BCUT2D eigenvalue weighted by molar-refractivity contribution is 0.0959. The highest BCUT2D eigenvalue weighted by molar-refractivity contribution is 5.22. The Labute approximate surface area is 114 Å². The van der Waals surface area contributed by atoms with Crippen LogP contribution in [0.1, 0.15) is 32.3 Å². The van der Waals surface area contributed by atoms with E-state index in [9.17, 15) is 9.65 Å². The summed E-state index contributed by atoms with van der Waals surface area (Å²) >= 11 is 0. The van der Waals surface area contributed by atoms with Crippen LogP contribution in [0.2, 0.25) is 0 Å². The van der Waals surface area contributed by atoms with Crippen molar-refractivity contribution in [3.8, 4) is 6.07 Å². The first-order valence-electron chi connectivity index (χ1n) is 6.94. The molecule has 0 aromatic heterocycles. The van der Waals surface area contributed by atoms with Crippen LogP contribution in [0.4, 0.5) is 4.39 Å². The van der Waals surface area contributed by atoms with Gasteiger partial charge in [-0.1, -0.05) is 19.1 Å². The molecule has 0 aliphatic carbocycles. The predicted octanol–water partition coefficient (Wildman–Crippen LogP) is 3.38. The maximum atomic E-state index is 12.9. The third-order valence-corrected chi connectivity index (χ3v) is 4.06. The number of likely N-dealkylation sites (tertiary alicyclic amines) is 1. The van der Waals surface area contributed by atoms with Gasteiger partial charge in [-0.3, -0.25) is 4.90 Å². The fourth-order valence-corrected chi connectivity index (χ4v) is 2.86. The van der Waals surface area contributed by atoms with Crippen LogP contribution in [0.5, 0.6) is 0 Å². The molecule has 1 fully saturated rings. The van der Waals surface area contributed by atoms with Gasteiger partial charge in [0.15, 0.2) is 0 Å². The van der Waals surface area contributed by atoms with Gasteiger partial charge in [0, 0.05) is 13.0 Å². The largest absolute Gasteiger partial charge is 0.285 e. The molecule has 1 aliphatic rings. The molecule has 1 heterocycles. The van der Waals surface area contributed by atoms with Gasteiger partial charge in [-0.25, -0.2) is 4.39 Å². The van der Waals surface area contributed by atoms with E-state index >= 15 is 0 Å². The SMILES string of the molecule is CC1CCCN(C(C)(C#N)Cc2ccc(F)cc2)C1. The van der Waals surface area contributed by atoms with Crippen LogP contribution >= 0.6 is 0 Å². The number of rotatable bonds is 3. The predicted molar refractivity (Wildman–Crippen MR) is 74.1 cm³/mol. The fourth-order valence-electron chi connectivity index (χ4n) is 2.86. The van der Waals surface area contributed by atoms with E-state index in [2.05, 4.69) is 17.9 Å². The van der Waals surface area contributed by atoms with E-state index in [1.165, 1.54) is 18.6 Å². The Morgan fingerprint density at radius 3 is 2.68 bits per heavy atom. The van der Waals surface area contributed by atoms with Crippen molar-refractivity contribution in [3.05, 3.63) is 35.6 Å². The minimum absolute atomic E-state index is 0.228. The van der Waals surface area contributed by atoms with Crippen molar-refractivity contribution >= 4 is 0 Å². The van der Waals surface area contributed by atoms with E-state index in [4.69, 9.17) is 0 Å². The molecular formula is C16H21FN2. The second kappa shape index (κ2) is 5.71. The lowest BCUT2D eigenvalue weighted by atomic mass is 9.88. The van der Waals surface area contributed by atoms with Gasteiger partial charge < -0.3 is 0 Å². The molecule has 0 spiro atoms. The van der Waals surface area contributed by atoms with E-state index in [-0.39, 0.29) is 5.82 Å². The van der Waals surface area contributed by atoms with Crippen molar-refractivity contribution in [2.24, 2.45) is 5.92 Å². The highest BCUT2D eigenvalue weighted by Crippen LogP contribution is 2.26. The molecule has 2 rings (SSSR count). The van der Waals surface area contributed by atoms with Crippen LogP contribution in [-0.2, 0) is 6.42 Å². The van der Waals surface area contributed by atoms with Gasteiger partial charge in [-0.15, -0.1) is 0 Å². The molecule has 1 aromatic carbocycles. The summed E-state index contributed by atoms with van der Waals surface area (Å²) in [6.45, 7) is 6.19. The van der Waals surface area contributed by atoms with Gasteiger partial charge in [0.1, 0.15) is 11.4 Å². The molecule has 0 amide bonds. The van der Waals surface area contributed by atoms with Gasteiger partial charge in [-0.05, 0) is 49.9 Å². The van der Waals surface area contributed by atoms with Crippen molar-refractivity contribution < 1.29 is 4.39 Å². The zero-order valence-corrected chi connectivity index (χ0v) is 11.7. The molecule has 2 unspecified atom stereocenters. The van der Waals surface area contributed by atoms with Crippen LogP contribution in [0.3, 0.4) is 0 Å². The van der Waals surface area contributed by atoms with Crippen molar-refractivity contribution in [2.45, 2.75) is 38.6 Å². The first kappa shape index (κ1) is 14.0. The summed E-state index contributed by atoms with van der Waals surface area (Å²) in [5.74, 6) is 0.420. The Balaban J connectivity index is 2.13. The summed E-state index contributed by atoms with van der Waals surface area (Å²) in [6.07, 6.45) is 3.05. The molecule has 102 valence electrons. The molecule has 1 aliphatic heterocycles. The molecule has 0 radical (unpaired) electrons. The lowest BCUT2D eigenvalue weighted by Gasteiger charge is -2.41. The number of nitrogens with zero attached hydrogens (tertiary/aromatic N) is 2. The summed E-state index contributed by atoms with van der Waals surface area (Å²) in [4.78, 5) is 2.28. The van der Waals surface area contributed by atoms with Crippen molar-refractivity contribution in [3.63, 3.8) is 0 Å². The van der Waals surface area contributed by atoms with Crippen LogP contribution < -0.4 is 0 Å². The molecule has 19 heavy (non-hydrogen) atoms. The lowest BCUT2D eigenvalue weighted by Crippen LogP contribution is -2.51. The van der Waals surface area contributed by atoms with E-state index in [0.29, 0.717) is 12.3 Å². The average Bonchev–Trinajstić information content (AvgIpc) is 2.41. The number of nitriles is 1. The Morgan fingerprint density at radius 2 is 2.11 bits per heavy atom. The van der Waals surface area contributed by atoms with Crippen LogP contribution in [0.15, 0.2) is 24.3 Å². The highest BCUT2D eigenvalue weighted by atomic mass is 19.1. The fraction of sp³-hybridized carbons (Fsp3) is 0.562. The topological polar surface area (TPSA) is 27.0 Å². The van der Waals surface area contributed by atoms with Gasteiger partial charge in [0.05, 0.1) is 6.07 Å². The van der Waals surface area contributed by atoms with E-state index in [1.807, 2.05) is 6.92 Å². The number of hydrogen-bond acceptors (Lipinski definition) is 2. The standard InChI is InChI=1S/C16H21FN2/c1-13-4-3-9-19(11-13)16(2,12-18)10-14-5-7-15(17)8-6-14/h5-8,13H,3-4,9-11H2,1-2H3. The molecular weight excluding hydrogens is 239 g/mol. The van der Waals surface area contributed by atoms with Crippen LogP contribution in [0, 0.1) is 23.1 Å². The quantitative estimate of drug-likeness (QED) is 0.833. The maximum absolute atomic E-state index is 12.9. The first-order chi connectivity index (χ1) is 9.03. The third-order valence-electron chi connectivity index (χ3n) is 4.06. The Morgan fingerprint density at radius 1 is 1.42 bits per heavy atom. The smallest absolute Gasteiger partial charge is 0.123 e. The van der Waals surface area contributed by atoms with Crippen LogP contribution in [-0.4, -0.2) is 23.5 Å². The number of piperidine rings is 1. The molecule has 1 aromatic rings. The summed E-state index contributed by atoms with van der Waals surface area (Å²) < 4.78 is 12.9. The van der Waals surface area contributed by atoms with Gasteiger partial charge in [-0.2, -0.15) is 5.26 Å². The maximum Gasteiger partial charge on any atom is 0.123 e. The second-order valence-corrected chi connectivity index (χ2v) is 5.88. The average molecular weight is 260 g/mol. The molecule has 2 nitrogen and oxygen atoms in total. The second-order valence-electron chi connectivity index (χ2n) is 5.88. The zero-order chi connectivity index (χ0) is 13.9. The van der Waals surface area contributed by atoms with Crippen molar-refractivity contribution in [1.29, 1.82) is 5.26 Å². The summed E-state index contributed by atoms with van der Waals surface area (Å²) in [6, 6.07) is 8.94. The zero-order valence-electron chi connectivity index (χ0n) is 11.7. The third kappa shape index (κ3) is 3.33. The molecule has 1 saturated heterocycles.